The number of amides is 1. The van der Waals surface area contributed by atoms with Crippen LogP contribution < -0.4 is 19.5 Å². The Labute approximate surface area is 157 Å². The molecular weight excluding hydrogens is 342 g/mol. The van der Waals surface area contributed by atoms with Gasteiger partial charge in [0.2, 0.25) is 5.91 Å². The molecule has 0 spiro atoms. The molecule has 27 heavy (non-hydrogen) atoms. The molecule has 138 valence electrons. The van der Waals surface area contributed by atoms with Crippen LogP contribution in [0.1, 0.15) is 23.5 Å². The maximum atomic E-state index is 12.4. The minimum absolute atomic E-state index is 0.0142. The highest BCUT2D eigenvalue weighted by atomic mass is 16.5. The lowest BCUT2D eigenvalue weighted by Crippen LogP contribution is -2.24. The third-order valence-corrected chi connectivity index (χ3v) is 5.09. The average Bonchev–Trinajstić information content (AvgIpc) is 2.71. The maximum absolute atomic E-state index is 12.4. The molecule has 1 atom stereocenters. The molecule has 0 radical (unpaired) electrons. The van der Waals surface area contributed by atoms with Gasteiger partial charge >= 0.3 is 0 Å². The van der Waals surface area contributed by atoms with Gasteiger partial charge < -0.3 is 19.5 Å². The van der Waals surface area contributed by atoms with E-state index in [0.717, 1.165) is 27.6 Å². The molecular formula is C22H21NO4. The lowest BCUT2D eigenvalue weighted by atomic mass is 9.81. The van der Waals surface area contributed by atoms with Gasteiger partial charge in [0.15, 0.2) is 11.5 Å². The zero-order chi connectivity index (χ0) is 19.0. The molecule has 5 heteroatoms. The molecule has 0 fully saturated rings. The highest BCUT2D eigenvalue weighted by molar-refractivity contribution is 6.01. The molecule has 0 unspecified atom stereocenters. The molecule has 3 aromatic rings. The van der Waals surface area contributed by atoms with Crippen molar-refractivity contribution in [1.29, 1.82) is 0 Å². The zero-order valence-corrected chi connectivity index (χ0v) is 15.5. The van der Waals surface area contributed by atoms with Crippen molar-refractivity contribution in [3.63, 3.8) is 0 Å². The van der Waals surface area contributed by atoms with Crippen LogP contribution >= 0.6 is 0 Å². The van der Waals surface area contributed by atoms with Crippen LogP contribution in [0.25, 0.3) is 10.8 Å². The number of carbonyl (C=O) groups is 1. The van der Waals surface area contributed by atoms with Crippen LogP contribution in [0.3, 0.4) is 0 Å². The summed E-state index contributed by atoms with van der Waals surface area (Å²) in [5, 5.41) is 5.26. The number of hydrogen-bond donors (Lipinski definition) is 1. The lowest BCUT2D eigenvalue weighted by Gasteiger charge is -2.29. The third-order valence-electron chi connectivity index (χ3n) is 5.09. The first-order valence-corrected chi connectivity index (χ1v) is 8.77. The second-order valence-corrected chi connectivity index (χ2v) is 6.50. The fourth-order valence-corrected chi connectivity index (χ4v) is 3.86. The predicted octanol–water partition coefficient (Wildman–Crippen LogP) is 4.34. The average molecular weight is 363 g/mol. The first-order chi connectivity index (χ1) is 13.2. The second-order valence-electron chi connectivity index (χ2n) is 6.50. The Bertz CT molecular complexity index is 1030. The third kappa shape index (κ3) is 2.85. The van der Waals surface area contributed by atoms with Gasteiger partial charge in [-0.15, -0.1) is 0 Å². The number of benzene rings is 3. The molecule has 3 aromatic carbocycles. The number of rotatable bonds is 4. The molecule has 0 aromatic heterocycles. The molecule has 5 nitrogen and oxygen atoms in total. The van der Waals surface area contributed by atoms with Crippen LogP contribution in [0.4, 0.5) is 5.69 Å². The Morgan fingerprint density at radius 2 is 1.59 bits per heavy atom. The number of carbonyl (C=O) groups excluding carboxylic acids is 1. The van der Waals surface area contributed by atoms with E-state index in [1.165, 1.54) is 0 Å². The molecule has 1 heterocycles. The van der Waals surface area contributed by atoms with Gasteiger partial charge in [-0.1, -0.05) is 30.3 Å². The summed E-state index contributed by atoms with van der Waals surface area (Å²) in [4.78, 5) is 12.4. The standard InChI is InChI=1S/C22H21NO4/c1-25-18-12-20(27-3)19(26-2)10-15(18)16-11-21(24)23-17-9-8-13-6-4-5-7-14(13)22(16)17/h4-10,12,16H,11H2,1-3H3,(H,23,24)/t16-/m0/s1. The van der Waals surface area contributed by atoms with E-state index < -0.39 is 0 Å². The van der Waals surface area contributed by atoms with Gasteiger partial charge in [-0.25, -0.2) is 0 Å². The zero-order valence-electron chi connectivity index (χ0n) is 15.5. The van der Waals surface area contributed by atoms with E-state index >= 15 is 0 Å². The summed E-state index contributed by atoms with van der Waals surface area (Å²) in [6.45, 7) is 0. The second kappa shape index (κ2) is 6.83. The molecule has 0 bridgehead atoms. The van der Waals surface area contributed by atoms with Gasteiger partial charge in [-0.2, -0.15) is 0 Å². The van der Waals surface area contributed by atoms with E-state index in [0.29, 0.717) is 23.7 Å². The SMILES string of the molecule is COc1cc(OC)c([C@@H]2CC(=O)Nc3ccc4ccccc4c32)cc1OC. The highest BCUT2D eigenvalue weighted by Crippen LogP contribution is 2.47. The van der Waals surface area contributed by atoms with Gasteiger partial charge in [0, 0.05) is 29.7 Å². The topological polar surface area (TPSA) is 56.8 Å². The minimum Gasteiger partial charge on any atom is -0.496 e. The summed E-state index contributed by atoms with van der Waals surface area (Å²) in [5.74, 6) is 1.72. The van der Waals surface area contributed by atoms with E-state index in [-0.39, 0.29) is 11.8 Å². The van der Waals surface area contributed by atoms with Crippen molar-refractivity contribution in [3.8, 4) is 17.2 Å². The molecule has 0 saturated carbocycles. The summed E-state index contributed by atoms with van der Waals surface area (Å²) in [6.07, 6.45) is 0.340. The van der Waals surface area contributed by atoms with Crippen molar-refractivity contribution < 1.29 is 19.0 Å². The molecule has 1 amide bonds. The Morgan fingerprint density at radius 3 is 2.33 bits per heavy atom. The van der Waals surface area contributed by atoms with E-state index in [4.69, 9.17) is 14.2 Å². The smallest absolute Gasteiger partial charge is 0.225 e. The number of hydrogen-bond acceptors (Lipinski definition) is 4. The van der Waals surface area contributed by atoms with Crippen molar-refractivity contribution >= 4 is 22.4 Å². The van der Waals surface area contributed by atoms with Crippen molar-refractivity contribution in [3.05, 3.63) is 59.7 Å². The van der Waals surface area contributed by atoms with E-state index in [9.17, 15) is 4.79 Å². The predicted molar refractivity (Wildman–Crippen MR) is 105 cm³/mol. The van der Waals surface area contributed by atoms with Crippen LogP contribution in [0, 0.1) is 0 Å². The lowest BCUT2D eigenvalue weighted by molar-refractivity contribution is -0.116. The number of anilines is 1. The summed E-state index contributed by atoms with van der Waals surface area (Å²) >= 11 is 0. The van der Waals surface area contributed by atoms with Gasteiger partial charge in [-0.05, 0) is 28.5 Å². The first kappa shape index (κ1) is 17.2. The minimum atomic E-state index is -0.144. The van der Waals surface area contributed by atoms with Crippen molar-refractivity contribution in [2.45, 2.75) is 12.3 Å². The van der Waals surface area contributed by atoms with E-state index in [1.807, 2.05) is 36.4 Å². The number of nitrogens with one attached hydrogen (secondary N) is 1. The van der Waals surface area contributed by atoms with Gasteiger partial charge in [-0.3, -0.25) is 4.79 Å². The summed E-state index contributed by atoms with van der Waals surface area (Å²) in [7, 11) is 4.82. The molecule has 0 aliphatic carbocycles. The summed E-state index contributed by atoms with van der Waals surface area (Å²) in [5.41, 5.74) is 2.84. The van der Waals surface area contributed by atoms with Crippen LogP contribution in [0.2, 0.25) is 0 Å². The fraction of sp³-hybridized carbons (Fsp3) is 0.227. The van der Waals surface area contributed by atoms with Crippen LogP contribution in [-0.4, -0.2) is 27.2 Å². The molecule has 1 aliphatic rings. The van der Waals surface area contributed by atoms with E-state index in [2.05, 4.69) is 17.4 Å². The maximum Gasteiger partial charge on any atom is 0.225 e. The number of fused-ring (bicyclic) bond motifs is 3. The quantitative estimate of drug-likeness (QED) is 0.749. The van der Waals surface area contributed by atoms with Crippen molar-refractivity contribution in [1.82, 2.24) is 0 Å². The van der Waals surface area contributed by atoms with Crippen LogP contribution in [0.15, 0.2) is 48.5 Å². The van der Waals surface area contributed by atoms with Gasteiger partial charge in [0.1, 0.15) is 5.75 Å². The molecule has 1 N–H and O–H groups in total. The normalized spacial score (nSPS) is 15.8. The van der Waals surface area contributed by atoms with Gasteiger partial charge in [0.05, 0.1) is 21.3 Å². The summed E-state index contributed by atoms with van der Waals surface area (Å²) in [6, 6.07) is 15.9. The largest absolute Gasteiger partial charge is 0.496 e. The Balaban J connectivity index is 1.98. The highest BCUT2D eigenvalue weighted by Gasteiger charge is 2.31. The fourth-order valence-electron chi connectivity index (χ4n) is 3.86. The molecule has 0 saturated heterocycles. The van der Waals surface area contributed by atoms with Crippen molar-refractivity contribution in [2.75, 3.05) is 26.6 Å². The monoisotopic (exact) mass is 363 g/mol. The number of ether oxygens (including phenoxy) is 3. The molecule has 1 aliphatic heterocycles. The van der Waals surface area contributed by atoms with E-state index in [1.54, 1.807) is 21.3 Å². The molecule has 4 rings (SSSR count). The van der Waals surface area contributed by atoms with Gasteiger partial charge in [0.25, 0.3) is 0 Å². The summed E-state index contributed by atoms with van der Waals surface area (Å²) < 4.78 is 16.5. The Hall–Kier alpha value is -3.21. The number of methoxy groups -OCH3 is 3. The first-order valence-electron chi connectivity index (χ1n) is 8.77. The van der Waals surface area contributed by atoms with Crippen molar-refractivity contribution in [2.24, 2.45) is 0 Å². The van der Waals surface area contributed by atoms with Crippen LogP contribution in [-0.2, 0) is 4.79 Å². The van der Waals surface area contributed by atoms with Crippen LogP contribution in [0.5, 0.6) is 17.2 Å². The Morgan fingerprint density at radius 1 is 0.889 bits per heavy atom. The Kier molecular flexibility index (Phi) is 4.36.